The Bertz CT molecular complexity index is 423. The minimum absolute atomic E-state index is 0.0566. The standard InChI is InChI=1S/C17H28FNO2/c1-5-7-8-20-9-10-21-17-11-13(3)16(18)12-15(17)14(4)19-6-2/h11-12,14,19H,5-10H2,1-4H3. The van der Waals surface area contributed by atoms with Gasteiger partial charge in [-0.25, -0.2) is 4.39 Å². The smallest absolute Gasteiger partial charge is 0.126 e. The van der Waals surface area contributed by atoms with Gasteiger partial charge in [-0.1, -0.05) is 20.3 Å². The molecule has 4 heteroatoms. The quantitative estimate of drug-likeness (QED) is 0.662. The summed E-state index contributed by atoms with van der Waals surface area (Å²) in [6, 6.07) is 3.39. The van der Waals surface area contributed by atoms with Gasteiger partial charge in [0.1, 0.15) is 18.2 Å². The van der Waals surface area contributed by atoms with E-state index in [1.54, 1.807) is 19.1 Å². The van der Waals surface area contributed by atoms with E-state index in [4.69, 9.17) is 9.47 Å². The fraction of sp³-hybridized carbons (Fsp3) is 0.647. The van der Waals surface area contributed by atoms with Crippen LogP contribution in [0.5, 0.6) is 5.75 Å². The van der Waals surface area contributed by atoms with Crippen LogP contribution in [0.15, 0.2) is 12.1 Å². The third kappa shape index (κ3) is 6.02. The second-order valence-corrected chi connectivity index (χ2v) is 5.23. The van der Waals surface area contributed by atoms with Crippen LogP contribution in [-0.2, 0) is 4.74 Å². The summed E-state index contributed by atoms with van der Waals surface area (Å²) < 4.78 is 25.1. The number of hydrogen-bond acceptors (Lipinski definition) is 3. The summed E-state index contributed by atoms with van der Waals surface area (Å²) >= 11 is 0. The molecular formula is C17H28FNO2. The molecule has 1 rings (SSSR count). The zero-order valence-electron chi connectivity index (χ0n) is 13.7. The van der Waals surface area contributed by atoms with Crippen LogP contribution in [0.3, 0.4) is 0 Å². The van der Waals surface area contributed by atoms with E-state index in [1.807, 2.05) is 13.8 Å². The third-order valence-electron chi connectivity index (χ3n) is 3.40. The Morgan fingerprint density at radius 3 is 2.62 bits per heavy atom. The first-order valence-electron chi connectivity index (χ1n) is 7.84. The molecule has 0 aliphatic carbocycles. The van der Waals surface area contributed by atoms with Gasteiger partial charge in [0.15, 0.2) is 0 Å². The number of halogens is 1. The highest BCUT2D eigenvalue weighted by atomic mass is 19.1. The summed E-state index contributed by atoms with van der Waals surface area (Å²) in [7, 11) is 0. The molecule has 0 radical (unpaired) electrons. The van der Waals surface area contributed by atoms with E-state index in [0.29, 0.717) is 18.8 Å². The molecule has 1 atom stereocenters. The SMILES string of the molecule is CCCCOCCOc1cc(C)c(F)cc1C(C)NCC. The fourth-order valence-electron chi connectivity index (χ4n) is 2.11. The molecule has 21 heavy (non-hydrogen) atoms. The average Bonchev–Trinajstić information content (AvgIpc) is 2.46. The van der Waals surface area contributed by atoms with Gasteiger partial charge in [0.2, 0.25) is 0 Å². The van der Waals surface area contributed by atoms with E-state index in [9.17, 15) is 4.39 Å². The van der Waals surface area contributed by atoms with Crippen LogP contribution >= 0.6 is 0 Å². The Morgan fingerprint density at radius 2 is 1.95 bits per heavy atom. The van der Waals surface area contributed by atoms with Crippen molar-refractivity contribution in [2.45, 2.75) is 46.6 Å². The molecule has 0 aliphatic heterocycles. The summed E-state index contributed by atoms with van der Waals surface area (Å²) in [5.74, 6) is 0.544. The summed E-state index contributed by atoms with van der Waals surface area (Å²) in [5, 5.41) is 3.29. The highest BCUT2D eigenvalue weighted by Gasteiger charge is 2.14. The lowest BCUT2D eigenvalue weighted by Crippen LogP contribution is -2.19. The molecule has 1 aromatic rings. The molecule has 1 N–H and O–H groups in total. The van der Waals surface area contributed by atoms with Crippen LogP contribution in [0.25, 0.3) is 0 Å². The van der Waals surface area contributed by atoms with Gasteiger partial charge >= 0.3 is 0 Å². The Kier molecular flexibility index (Phi) is 8.31. The van der Waals surface area contributed by atoms with Gasteiger partial charge in [0.25, 0.3) is 0 Å². The lowest BCUT2D eigenvalue weighted by atomic mass is 10.0. The molecule has 0 spiro atoms. The number of benzene rings is 1. The average molecular weight is 297 g/mol. The highest BCUT2D eigenvalue weighted by molar-refractivity contribution is 5.40. The second kappa shape index (κ2) is 9.74. The summed E-state index contributed by atoms with van der Waals surface area (Å²) in [6.07, 6.45) is 2.20. The van der Waals surface area contributed by atoms with Gasteiger partial charge in [-0.15, -0.1) is 0 Å². The van der Waals surface area contributed by atoms with E-state index < -0.39 is 0 Å². The Hall–Kier alpha value is -1.13. The third-order valence-corrected chi connectivity index (χ3v) is 3.40. The van der Waals surface area contributed by atoms with E-state index >= 15 is 0 Å². The van der Waals surface area contributed by atoms with Crippen LogP contribution in [0.2, 0.25) is 0 Å². The molecule has 0 fully saturated rings. The Labute approximate surface area is 127 Å². The maximum absolute atomic E-state index is 13.8. The van der Waals surface area contributed by atoms with Crippen LogP contribution in [0.1, 0.15) is 50.8 Å². The molecule has 0 aliphatic rings. The summed E-state index contributed by atoms with van der Waals surface area (Å²) in [6.45, 7) is 10.6. The first kappa shape index (κ1) is 17.9. The molecule has 120 valence electrons. The lowest BCUT2D eigenvalue weighted by Gasteiger charge is -2.19. The molecule has 3 nitrogen and oxygen atoms in total. The molecule has 0 bridgehead atoms. The maximum Gasteiger partial charge on any atom is 0.126 e. The predicted molar refractivity (Wildman–Crippen MR) is 84.5 cm³/mol. The Morgan fingerprint density at radius 1 is 1.19 bits per heavy atom. The molecule has 1 aromatic carbocycles. The van der Waals surface area contributed by atoms with E-state index in [0.717, 1.165) is 37.3 Å². The van der Waals surface area contributed by atoms with Crippen molar-refractivity contribution < 1.29 is 13.9 Å². The van der Waals surface area contributed by atoms with Crippen molar-refractivity contribution in [2.75, 3.05) is 26.4 Å². The number of hydrogen-bond donors (Lipinski definition) is 1. The highest BCUT2D eigenvalue weighted by Crippen LogP contribution is 2.28. The van der Waals surface area contributed by atoms with E-state index in [2.05, 4.69) is 12.2 Å². The minimum atomic E-state index is -0.193. The minimum Gasteiger partial charge on any atom is -0.491 e. The number of unbranched alkanes of at least 4 members (excludes halogenated alkanes) is 1. The predicted octanol–water partition coefficient (Wildman–Crippen LogP) is 4.00. The molecule has 1 unspecified atom stereocenters. The lowest BCUT2D eigenvalue weighted by molar-refractivity contribution is 0.0975. The molecule has 0 aromatic heterocycles. The maximum atomic E-state index is 13.8. The number of ether oxygens (including phenoxy) is 2. The van der Waals surface area contributed by atoms with Crippen molar-refractivity contribution in [3.63, 3.8) is 0 Å². The van der Waals surface area contributed by atoms with Gasteiger partial charge in [-0.3, -0.25) is 0 Å². The monoisotopic (exact) mass is 297 g/mol. The topological polar surface area (TPSA) is 30.5 Å². The largest absolute Gasteiger partial charge is 0.491 e. The van der Waals surface area contributed by atoms with Crippen molar-refractivity contribution in [1.82, 2.24) is 5.32 Å². The van der Waals surface area contributed by atoms with Crippen molar-refractivity contribution in [2.24, 2.45) is 0 Å². The molecule has 0 heterocycles. The first-order valence-corrected chi connectivity index (χ1v) is 7.84. The van der Waals surface area contributed by atoms with Gasteiger partial charge < -0.3 is 14.8 Å². The fourth-order valence-corrected chi connectivity index (χ4v) is 2.11. The van der Waals surface area contributed by atoms with Crippen molar-refractivity contribution in [3.8, 4) is 5.75 Å². The van der Waals surface area contributed by atoms with Crippen molar-refractivity contribution >= 4 is 0 Å². The molecule has 0 amide bonds. The van der Waals surface area contributed by atoms with Crippen LogP contribution < -0.4 is 10.1 Å². The van der Waals surface area contributed by atoms with Crippen molar-refractivity contribution in [3.05, 3.63) is 29.1 Å². The van der Waals surface area contributed by atoms with Crippen LogP contribution in [-0.4, -0.2) is 26.4 Å². The normalized spacial score (nSPS) is 12.4. The van der Waals surface area contributed by atoms with Crippen LogP contribution in [0.4, 0.5) is 4.39 Å². The van der Waals surface area contributed by atoms with Crippen molar-refractivity contribution in [1.29, 1.82) is 0 Å². The summed E-state index contributed by atoms with van der Waals surface area (Å²) in [4.78, 5) is 0. The summed E-state index contributed by atoms with van der Waals surface area (Å²) in [5.41, 5.74) is 1.46. The van der Waals surface area contributed by atoms with Gasteiger partial charge in [0.05, 0.1) is 6.61 Å². The van der Waals surface area contributed by atoms with Gasteiger partial charge in [-0.05, 0) is 44.5 Å². The zero-order valence-corrected chi connectivity index (χ0v) is 13.7. The Balaban J connectivity index is 2.64. The van der Waals surface area contributed by atoms with Crippen LogP contribution in [0, 0.1) is 12.7 Å². The molecular weight excluding hydrogens is 269 g/mol. The number of nitrogens with one attached hydrogen (secondary N) is 1. The number of rotatable bonds is 10. The first-order chi connectivity index (χ1) is 10.1. The van der Waals surface area contributed by atoms with Gasteiger partial charge in [-0.2, -0.15) is 0 Å². The zero-order chi connectivity index (χ0) is 15.7. The van der Waals surface area contributed by atoms with Gasteiger partial charge in [0, 0.05) is 18.2 Å². The number of aryl methyl sites for hydroxylation is 1. The second-order valence-electron chi connectivity index (χ2n) is 5.23. The molecule has 0 saturated heterocycles. The van der Waals surface area contributed by atoms with E-state index in [-0.39, 0.29) is 11.9 Å². The van der Waals surface area contributed by atoms with E-state index in [1.165, 1.54) is 0 Å². The molecule has 0 saturated carbocycles.